The first-order valence-corrected chi connectivity index (χ1v) is 9.07. The molecule has 5 nitrogen and oxygen atoms in total. The van der Waals surface area contributed by atoms with Gasteiger partial charge in [0.2, 0.25) is 5.91 Å². The molecule has 0 spiro atoms. The minimum absolute atomic E-state index is 0.0216. The van der Waals surface area contributed by atoms with Gasteiger partial charge in [-0.25, -0.2) is 4.39 Å². The minimum Gasteiger partial charge on any atom is -0.343 e. The highest BCUT2D eigenvalue weighted by atomic mass is 79.9. The maximum atomic E-state index is 14.4. The number of hydrogen-bond donors (Lipinski definition) is 2. The number of benzene rings is 1. The quantitative estimate of drug-likeness (QED) is 0.589. The van der Waals surface area contributed by atoms with Crippen molar-refractivity contribution in [2.24, 2.45) is 0 Å². The molecule has 2 aliphatic rings. The average molecular weight is 421 g/mol. The summed E-state index contributed by atoms with van der Waals surface area (Å²) in [6, 6.07) is 6.90. The monoisotopic (exact) mass is 420 g/mol. The molecule has 1 aromatic heterocycles. The number of nitrogens with zero attached hydrogens (tertiary/aromatic N) is 2. The van der Waals surface area contributed by atoms with E-state index in [0.29, 0.717) is 16.9 Å². The number of halogens is 2. The molecule has 25 heavy (non-hydrogen) atoms. The summed E-state index contributed by atoms with van der Waals surface area (Å²) in [5.41, 5.74) is 2.19. The second kappa shape index (κ2) is 5.78. The third-order valence-electron chi connectivity index (χ3n) is 5.12. The number of hydrogen-bond acceptors (Lipinski definition) is 3. The molecule has 2 heterocycles. The fourth-order valence-electron chi connectivity index (χ4n) is 3.97. The van der Waals surface area contributed by atoms with Gasteiger partial charge in [0.15, 0.2) is 4.77 Å². The topological polar surface area (TPSA) is 73.6 Å². The summed E-state index contributed by atoms with van der Waals surface area (Å²) < 4.78 is 17.8. The van der Waals surface area contributed by atoms with Crippen LogP contribution in [0, 0.1) is 21.9 Å². The Bertz CT molecular complexity index is 992. The minimum atomic E-state index is -0.274. The lowest BCUT2D eigenvalue weighted by Crippen LogP contribution is -2.25. The van der Waals surface area contributed by atoms with Gasteiger partial charge in [-0.3, -0.25) is 4.79 Å². The first kappa shape index (κ1) is 16.5. The van der Waals surface area contributed by atoms with Crippen LogP contribution in [0.4, 0.5) is 4.39 Å². The first-order valence-electron chi connectivity index (χ1n) is 7.87. The van der Waals surface area contributed by atoms with Crippen LogP contribution in [0.2, 0.25) is 0 Å². The van der Waals surface area contributed by atoms with E-state index in [4.69, 9.17) is 17.5 Å². The number of rotatable bonds is 4. The van der Waals surface area contributed by atoms with Crippen LogP contribution < -0.4 is 5.32 Å². The fraction of sp³-hybridized carbons (Fsp3) is 0.353. The standard InChI is InChI=1S/C17H14BrFN4OS/c18-9-1-2-12(19)10(5-9)17-7-11(17)15-13(6-14(24)21-4-3-20)22-16(25)23(15)8-17/h1-2,5,11H,4,6-8H2,(H,21,24)(H,22,25)/t11-,17+/m0/s1. The Labute approximate surface area is 157 Å². The molecule has 0 saturated heterocycles. The molecule has 0 radical (unpaired) electrons. The normalized spacial score (nSPS) is 22.8. The van der Waals surface area contributed by atoms with Gasteiger partial charge in [0, 0.05) is 33.7 Å². The molecule has 2 aromatic rings. The smallest absolute Gasteiger partial charge is 0.226 e. The van der Waals surface area contributed by atoms with Gasteiger partial charge in [0.25, 0.3) is 0 Å². The number of nitrogens with one attached hydrogen (secondary N) is 2. The lowest BCUT2D eigenvalue weighted by atomic mass is 9.93. The third-order valence-corrected chi connectivity index (χ3v) is 5.93. The Balaban J connectivity index is 1.67. The molecule has 1 saturated carbocycles. The number of fused-ring (bicyclic) bond motifs is 3. The summed E-state index contributed by atoms with van der Waals surface area (Å²) in [7, 11) is 0. The Morgan fingerprint density at radius 1 is 1.60 bits per heavy atom. The summed E-state index contributed by atoms with van der Waals surface area (Å²) >= 11 is 8.81. The molecule has 1 fully saturated rings. The zero-order valence-electron chi connectivity index (χ0n) is 13.1. The SMILES string of the molecule is N#CCNC(=O)Cc1[nH]c(=S)n2c1[C@@H]1C[C@]1(c1cc(Br)ccc1F)C2. The van der Waals surface area contributed by atoms with Gasteiger partial charge in [-0.05, 0) is 42.4 Å². The number of amides is 1. The van der Waals surface area contributed by atoms with Crippen molar-refractivity contribution in [1.82, 2.24) is 14.9 Å². The predicted molar refractivity (Wildman–Crippen MR) is 95.1 cm³/mol. The van der Waals surface area contributed by atoms with Crippen LogP contribution in [0.25, 0.3) is 0 Å². The maximum absolute atomic E-state index is 14.4. The van der Waals surface area contributed by atoms with Crippen LogP contribution in [0.5, 0.6) is 0 Å². The number of H-pyrrole nitrogens is 1. The van der Waals surface area contributed by atoms with Crippen LogP contribution in [0.1, 0.15) is 29.3 Å². The van der Waals surface area contributed by atoms with E-state index in [9.17, 15) is 9.18 Å². The maximum Gasteiger partial charge on any atom is 0.226 e. The Kier molecular flexibility index (Phi) is 3.81. The van der Waals surface area contributed by atoms with E-state index in [1.54, 1.807) is 6.07 Å². The lowest BCUT2D eigenvalue weighted by molar-refractivity contribution is -0.120. The van der Waals surface area contributed by atoms with Crippen molar-refractivity contribution < 1.29 is 9.18 Å². The highest BCUT2D eigenvalue weighted by molar-refractivity contribution is 9.10. The first-order chi connectivity index (χ1) is 12.0. The van der Waals surface area contributed by atoms with Crippen LogP contribution in [-0.2, 0) is 23.2 Å². The van der Waals surface area contributed by atoms with E-state index < -0.39 is 0 Å². The van der Waals surface area contributed by atoms with Crippen molar-refractivity contribution in [3.63, 3.8) is 0 Å². The van der Waals surface area contributed by atoms with Gasteiger partial charge in [0.05, 0.1) is 12.5 Å². The lowest BCUT2D eigenvalue weighted by Gasteiger charge is -2.14. The molecule has 2 atom stereocenters. The van der Waals surface area contributed by atoms with Gasteiger partial charge in [0.1, 0.15) is 12.4 Å². The van der Waals surface area contributed by atoms with Crippen molar-refractivity contribution >= 4 is 34.1 Å². The predicted octanol–water partition coefficient (Wildman–Crippen LogP) is 3.07. The van der Waals surface area contributed by atoms with Crippen molar-refractivity contribution in [3.8, 4) is 6.07 Å². The number of carbonyl (C=O) groups excluding carboxylic acids is 1. The average Bonchev–Trinajstić information content (AvgIpc) is 3.07. The molecule has 128 valence electrons. The van der Waals surface area contributed by atoms with Gasteiger partial charge >= 0.3 is 0 Å². The van der Waals surface area contributed by atoms with E-state index in [1.165, 1.54) is 6.07 Å². The number of aromatic nitrogens is 2. The summed E-state index contributed by atoms with van der Waals surface area (Å²) in [5.74, 6) is -0.282. The van der Waals surface area contributed by atoms with Crippen molar-refractivity contribution in [3.05, 3.63) is 50.2 Å². The second-order valence-electron chi connectivity index (χ2n) is 6.53. The molecule has 1 aromatic carbocycles. The Morgan fingerprint density at radius 2 is 2.40 bits per heavy atom. The highest BCUT2D eigenvalue weighted by Gasteiger charge is 2.63. The zero-order chi connectivity index (χ0) is 17.8. The molecule has 2 N–H and O–H groups in total. The second-order valence-corrected chi connectivity index (χ2v) is 7.83. The summed E-state index contributed by atoms with van der Waals surface area (Å²) in [4.78, 5) is 15.1. The molecule has 1 aliphatic heterocycles. The molecule has 0 unspecified atom stereocenters. The van der Waals surface area contributed by atoms with Crippen molar-refractivity contribution in [2.75, 3.05) is 6.54 Å². The molecular formula is C17H14BrFN4OS. The highest BCUT2D eigenvalue weighted by Crippen LogP contribution is 2.66. The third kappa shape index (κ3) is 2.53. The molecular weight excluding hydrogens is 407 g/mol. The summed E-state index contributed by atoms with van der Waals surface area (Å²) in [5, 5.41) is 11.1. The van der Waals surface area contributed by atoms with Crippen LogP contribution in [-0.4, -0.2) is 22.0 Å². The zero-order valence-corrected chi connectivity index (χ0v) is 15.5. The molecule has 1 amide bonds. The molecule has 1 aliphatic carbocycles. The number of carbonyl (C=O) groups is 1. The van der Waals surface area contributed by atoms with Crippen LogP contribution in [0.15, 0.2) is 22.7 Å². The van der Waals surface area contributed by atoms with Gasteiger partial charge < -0.3 is 14.9 Å². The van der Waals surface area contributed by atoms with Crippen LogP contribution in [0.3, 0.4) is 0 Å². The van der Waals surface area contributed by atoms with E-state index in [-0.39, 0.29) is 36.0 Å². The number of imidazole rings is 1. The summed E-state index contributed by atoms with van der Waals surface area (Å²) in [6.07, 6.45) is 0.987. The number of aromatic amines is 1. The van der Waals surface area contributed by atoms with E-state index in [2.05, 4.69) is 26.2 Å². The van der Waals surface area contributed by atoms with Crippen LogP contribution >= 0.6 is 28.1 Å². The van der Waals surface area contributed by atoms with Crippen molar-refractivity contribution in [2.45, 2.75) is 30.7 Å². The Hall–Kier alpha value is -1.98. The van der Waals surface area contributed by atoms with E-state index in [1.807, 2.05) is 16.7 Å². The van der Waals surface area contributed by atoms with E-state index in [0.717, 1.165) is 22.3 Å². The van der Waals surface area contributed by atoms with Crippen molar-refractivity contribution in [1.29, 1.82) is 5.26 Å². The summed E-state index contributed by atoms with van der Waals surface area (Å²) in [6.45, 7) is 0.599. The molecule has 8 heteroatoms. The molecule has 0 bridgehead atoms. The van der Waals surface area contributed by atoms with E-state index >= 15 is 0 Å². The number of nitriles is 1. The fourth-order valence-corrected chi connectivity index (χ4v) is 4.61. The largest absolute Gasteiger partial charge is 0.343 e. The molecule has 4 rings (SSSR count). The van der Waals surface area contributed by atoms with Gasteiger partial charge in [-0.15, -0.1) is 0 Å². The Morgan fingerprint density at radius 3 is 3.16 bits per heavy atom. The van der Waals surface area contributed by atoms with Gasteiger partial charge in [-0.1, -0.05) is 15.9 Å². The van der Waals surface area contributed by atoms with Gasteiger partial charge in [-0.2, -0.15) is 5.26 Å².